The number of nitrogens with one attached hydrogen (secondary N) is 2. The molecule has 1 aliphatic heterocycles. The Hall–Kier alpha value is -3.96. The van der Waals surface area contributed by atoms with Gasteiger partial charge in [0.15, 0.2) is 29.5 Å². The maximum Gasteiger partial charge on any atom is 0.276 e. The Labute approximate surface area is 217 Å². The summed E-state index contributed by atoms with van der Waals surface area (Å²) in [7, 11) is 3.46. The average Bonchev–Trinajstić information content (AvgIpc) is 3.46. The number of aryl methyl sites for hydroxylation is 1. The first kappa shape index (κ1) is 24.7. The zero-order valence-electron chi connectivity index (χ0n) is 20.5. The quantitative estimate of drug-likeness (QED) is 0.312. The minimum atomic E-state index is -0.588. The molecule has 4 N–H and O–H groups in total. The number of aromatic nitrogens is 4. The predicted molar refractivity (Wildman–Crippen MR) is 139 cm³/mol. The minimum Gasteiger partial charge on any atom is -0.493 e. The van der Waals surface area contributed by atoms with Crippen molar-refractivity contribution in [2.24, 2.45) is 5.73 Å². The summed E-state index contributed by atoms with van der Waals surface area (Å²) in [5, 5.41) is 10.8. The fourth-order valence-corrected chi connectivity index (χ4v) is 5.02. The van der Waals surface area contributed by atoms with Crippen LogP contribution in [0, 0.1) is 12.7 Å². The lowest BCUT2D eigenvalue weighted by atomic mass is 10.1. The number of methoxy groups -OCH3 is 1. The van der Waals surface area contributed by atoms with Crippen molar-refractivity contribution in [2.75, 3.05) is 26.0 Å². The Bertz CT molecular complexity index is 1500. The van der Waals surface area contributed by atoms with Gasteiger partial charge in [-0.3, -0.25) is 9.28 Å². The maximum absolute atomic E-state index is 14.5. The number of ether oxygens (including phenoxy) is 2. The molecule has 0 bridgehead atoms. The molecule has 1 unspecified atom stereocenters. The topological polar surface area (TPSA) is 128 Å². The summed E-state index contributed by atoms with van der Waals surface area (Å²) in [6, 6.07) is 9.52. The van der Waals surface area contributed by atoms with Crippen LogP contribution in [0.4, 0.5) is 21.7 Å². The van der Waals surface area contributed by atoms with Gasteiger partial charge in [0.25, 0.3) is 5.91 Å². The molecule has 3 atom stereocenters. The molecule has 4 aromatic rings. The number of halogens is 2. The highest BCUT2D eigenvalue weighted by atomic mass is 35.5. The van der Waals surface area contributed by atoms with Gasteiger partial charge >= 0.3 is 0 Å². The molecule has 10 nitrogen and oxygen atoms in total. The van der Waals surface area contributed by atoms with Crippen LogP contribution in [-0.4, -0.2) is 58.9 Å². The molecule has 3 heterocycles. The van der Waals surface area contributed by atoms with E-state index in [2.05, 4.69) is 25.5 Å². The molecule has 0 spiro atoms. The van der Waals surface area contributed by atoms with Gasteiger partial charge in [0.2, 0.25) is 5.82 Å². The molecule has 1 saturated heterocycles. The third-order valence-corrected chi connectivity index (χ3v) is 7.04. The van der Waals surface area contributed by atoms with E-state index in [1.807, 2.05) is 20.0 Å². The van der Waals surface area contributed by atoms with E-state index in [1.54, 1.807) is 24.3 Å². The number of likely N-dealkylation sites (N-methyl/N-ethyl adjacent to an activating group) is 1. The van der Waals surface area contributed by atoms with E-state index < -0.39 is 17.8 Å². The molecule has 37 heavy (non-hydrogen) atoms. The Morgan fingerprint density at radius 3 is 2.78 bits per heavy atom. The first-order valence-corrected chi connectivity index (χ1v) is 11.9. The molecule has 1 fully saturated rings. The van der Waals surface area contributed by atoms with Crippen LogP contribution < -0.4 is 25.0 Å². The highest BCUT2D eigenvalue weighted by molar-refractivity contribution is 6.31. The van der Waals surface area contributed by atoms with Gasteiger partial charge < -0.3 is 20.5 Å². The Kier molecular flexibility index (Phi) is 6.34. The highest BCUT2D eigenvalue weighted by Crippen LogP contribution is 2.39. The number of amides is 1. The van der Waals surface area contributed by atoms with Crippen molar-refractivity contribution in [3.8, 4) is 11.5 Å². The van der Waals surface area contributed by atoms with Gasteiger partial charge in [-0.1, -0.05) is 17.7 Å². The monoisotopic (exact) mass is 526 g/mol. The van der Waals surface area contributed by atoms with Gasteiger partial charge in [0, 0.05) is 17.5 Å². The number of H-pyrrole nitrogens is 1. The summed E-state index contributed by atoms with van der Waals surface area (Å²) in [5.41, 5.74) is 7.34. The van der Waals surface area contributed by atoms with Crippen LogP contribution in [0.3, 0.4) is 0 Å². The van der Waals surface area contributed by atoms with Crippen LogP contribution >= 0.6 is 11.6 Å². The van der Waals surface area contributed by atoms with Crippen molar-refractivity contribution in [3.05, 3.63) is 59.3 Å². The fraction of sp³-hybridized carbons (Fsp3) is 0.280. The number of benzene rings is 2. The van der Waals surface area contributed by atoms with Gasteiger partial charge in [-0.2, -0.15) is 5.10 Å². The molecule has 192 valence electrons. The van der Waals surface area contributed by atoms with Crippen LogP contribution in [0.15, 0.2) is 42.7 Å². The molecule has 5 rings (SSSR count). The number of anilines is 2. The zero-order valence-corrected chi connectivity index (χ0v) is 21.2. The second kappa shape index (κ2) is 9.49. The highest BCUT2D eigenvalue weighted by Gasteiger charge is 2.51. The minimum absolute atomic E-state index is 0.00655. The number of carbonyl (C=O) groups excluding carboxylic acids is 1. The first-order valence-electron chi connectivity index (χ1n) is 11.6. The fourth-order valence-electron chi connectivity index (χ4n) is 4.85. The SMILES string of the molecule is COc1cc2ncnc(Nc3cccc(Cl)c3F)c2cc1O[C@H]1C[C@H](C(N)=O)[N+](C)(c2cc(C)n[nH]2)C1. The molecule has 2 aromatic heterocycles. The molecular weight excluding hydrogens is 501 g/mol. The number of nitrogens with two attached hydrogens (primary N) is 1. The number of carbonyl (C=O) groups is 1. The third kappa shape index (κ3) is 4.51. The number of hydrogen-bond donors (Lipinski definition) is 3. The molecular formula is C25H26ClFN7O3+. The smallest absolute Gasteiger partial charge is 0.276 e. The molecule has 0 saturated carbocycles. The second-order valence-corrected chi connectivity index (χ2v) is 9.61. The van der Waals surface area contributed by atoms with Crippen molar-refractivity contribution in [2.45, 2.75) is 25.5 Å². The maximum atomic E-state index is 14.5. The van der Waals surface area contributed by atoms with Crippen molar-refractivity contribution < 1.29 is 18.7 Å². The van der Waals surface area contributed by atoms with Gasteiger partial charge in [-0.05, 0) is 25.1 Å². The summed E-state index contributed by atoms with van der Waals surface area (Å²) >= 11 is 5.94. The van der Waals surface area contributed by atoms with Crippen molar-refractivity contribution in [1.29, 1.82) is 0 Å². The summed E-state index contributed by atoms with van der Waals surface area (Å²) in [6.45, 7) is 2.35. The van der Waals surface area contributed by atoms with Crippen molar-refractivity contribution in [3.63, 3.8) is 0 Å². The first-order chi connectivity index (χ1) is 17.7. The number of likely N-dealkylation sites (tertiary alicyclic amines) is 1. The van der Waals surface area contributed by atoms with Gasteiger partial charge in [-0.25, -0.2) is 19.5 Å². The number of quaternary nitrogens is 1. The van der Waals surface area contributed by atoms with Crippen LogP contribution in [-0.2, 0) is 4.79 Å². The third-order valence-electron chi connectivity index (χ3n) is 6.75. The average molecular weight is 527 g/mol. The number of aromatic amines is 1. The number of hydrogen-bond acceptors (Lipinski definition) is 7. The molecule has 1 amide bonds. The number of fused-ring (bicyclic) bond motifs is 1. The van der Waals surface area contributed by atoms with E-state index in [4.69, 9.17) is 26.8 Å². The normalized spacial score (nSPS) is 21.2. The second-order valence-electron chi connectivity index (χ2n) is 9.21. The van der Waals surface area contributed by atoms with E-state index in [-0.39, 0.29) is 21.3 Å². The standard InChI is InChI=1S/C25H25ClFN7O3/c1-13-7-22(33-32-13)34(2)11-14(8-19(34)24(28)35)37-21-9-15-18(10-20(21)36-3)29-12-30-25(15)31-17-6-4-5-16(26)23(17)27/h4-7,9-10,12,14,19H,8,11H2,1-3H3,(H3-,28,29,30,31,32,33,35)/p+1/t14-,19+,34?/m0/s1. The van der Waals surface area contributed by atoms with E-state index in [0.29, 0.717) is 41.2 Å². The van der Waals surface area contributed by atoms with E-state index >= 15 is 0 Å². The van der Waals surface area contributed by atoms with Crippen LogP contribution in [0.1, 0.15) is 12.1 Å². The zero-order chi connectivity index (χ0) is 26.3. The summed E-state index contributed by atoms with van der Waals surface area (Å²) in [4.78, 5) is 21.0. The van der Waals surface area contributed by atoms with E-state index in [0.717, 1.165) is 11.5 Å². The lowest BCUT2D eigenvalue weighted by Gasteiger charge is -2.31. The predicted octanol–water partition coefficient (Wildman–Crippen LogP) is 3.85. The summed E-state index contributed by atoms with van der Waals surface area (Å²) < 4.78 is 26.8. The Morgan fingerprint density at radius 2 is 2.08 bits per heavy atom. The van der Waals surface area contributed by atoms with E-state index in [1.165, 1.54) is 19.5 Å². The van der Waals surface area contributed by atoms with E-state index in [9.17, 15) is 9.18 Å². The van der Waals surface area contributed by atoms with Crippen molar-refractivity contribution >= 4 is 45.7 Å². The largest absolute Gasteiger partial charge is 0.493 e. The van der Waals surface area contributed by atoms with Crippen molar-refractivity contribution in [1.82, 2.24) is 24.6 Å². The van der Waals surface area contributed by atoms with Crippen LogP contribution in [0.25, 0.3) is 10.9 Å². The number of nitrogens with zero attached hydrogens (tertiary/aromatic N) is 4. The van der Waals surface area contributed by atoms with Gasteiger partial charge in [0.05, 0.1) is 42.5 Å². The number of rotatable bonds is 7. The Balaban J connectivity index is 1.50. The molecule has 2 aromatic carbocycles. The summed E-state index contributed by atoms with van der Waals surface area (Å²) in [6.07, 6.45) is 1.41. The molecule has 0 radical (unpaired) electrons. The van der Waals surface area contributed by atoms with Gasteiger partial charge in [0.1, 0.15) is 18.7 Å². The van der Waals surface area contributed by atoms with Crippen LogP contribution in [0.2, 0.25) is 5.02 Å². The molecule has 1 aliphatic rings. The molecule has 0 aliphatic carbocycles. The Morgan fingerprint density at radius 1 is 1.27 bits per heavy atom. The number of primary amides is 1. The lowest BCUT2D eigenvalue weighted by Crippen LogP contribution is -2.55. The lowest BCUT2D eigenvalue weighted by molar-refractivity contribution is -0.121. The summed E-state index contributed by atoms with van der Waals surface area (Å²) in [5.74, 6) is 1.03. The van der Waals surface area contributed by atoms with Crippen LogP contribution in [0.5, 0.6) is 11.5 Å². The molecule has 12 heteroatoms. The van der Waals surface area contributed by atoms with Gasteiger partial charge in [-0.15, -0.1) is 0 Å².